The van der Waals surface area contributed by atoms with Crippen LogP contribution in [0.1, 0.15) is 57.3 Å². The van der Waals surface area contributed by atoms with Crippen LogP contribution in [0.15, 0.2) is 12.4 Å². The number of unbranched alkanes of at least 4 members (excludes halogenated alkanes) is 1. The maximum absolute atomic E-state index is 4.39. The highest BCUT2D eigenvalue weighted by molar-refractivity contribution is 5.06. The molecule has 0 amide bonds. The molecule has 78 valence electrons. The van der Waals surface area contributed by atoms with Crippen molar-refractivity contribution in [2.45, 2.75) is 52.4 Å². The highest BCUT2D eigenvalue weighted by atomic mass is 14.9. The lowest BCUT2D eigenvalue weighted by Gasteiger charge is -2.08. The number of nitrogens with zero attached hydrogens (tertiary/aromatic N) is 2. The zero-order valence-corrected chi connectivity index (χ0v) is 9.45. The van der Waals surface area contributed by atoms with Gasteiger partial charge in [-0.3, -0.25) is 0 Å². The summed E-state index contributed by atoms with van der Waals surface area (Å²) in [6.07, 6.45) is 8.62. The molecule has 0 saturated heterocycles. The summed E-state index contributed by atoms with van der Waals surface area (Å²) >= 11 is 0. The first-order chi connectivity index (χ1) is 6.77. The molecule has 0 aliphatic carbocycles. The Hall–Kier alpha value is -0.920. The molecule has 0 bridgehead atoms. The summed E-state index contributed by atoms with van der Waals surface area (Å²) in [5.41, 5.74) is 1.22. The van der Waals surface area contributed by atoms with E-state index in [1.807, 2.05) is 12.4 Å². The van der Waals surface area contributed by atoms with Crippen LogP contribution >= 0.6 is 0 Å². The molecule has 0 saturated carbocycles. The molecule has 0 spiro atoms. The van der Waals surface area contributed by atoms with Crippen LogP contribution in [-0.4, -0.2) is 9.97 Å². The molecule has 1 aromatic heterocycles. The van der Waals surface area contributed by atoms with E-state index in [9.17, 15) is 0 Å². The van der Waals surface area contributed by atoms with Gasteiger partial charge in [0, 0.05) is 18.3 Å². The topological polar surface area (TPSA) is 25.8 Å². The van der Waals surface area contributed by atoms with Crippen molar-refractivity contribution in [1.29, 1.82) is 0 Å². The van der Waals surface area contributed by atoms with Gasteiger partial charge in [0.15, 0.2) is 0 Å². The van der Waals surface area contributed by atoms with E-state index in [0.717, 1.165) is 12.2 Å². The highest BCUT2D eigenvalue weighted by Gasteiger charge is 2.07. The maximum atomic E-state index is 4.39. The Kier molecular flexibility index (Phi) is 4.57. The summed E-state index contributed by atoms with van der Waals surface area (Å²) in [6.45, 7) is 6.54. The molecule has 0 N–H and O–H groups in total. The Morgan fingerprint density at radius 3 is 2.36 bits per heavy atom. The van der Waals surface area contributed by atoms with Gasteiger partial charge in [-0.15, -0.1) is 0 Å². The second-order valence-corrected chi connectivity index (χ2v) is 3.85. The Morgan fingerprint density at radius 1 is 1.21 bits per heavy atom. The lowest BCUT2D eigenvalue weighted by Crippen LogP contribution is -2.01. The van der Waals surface area contributed by atoms with Crippen molar-refractivity contribution in [3.8, 4) is 0 Å². The molecule has 0 aliphatic rings. The molecule has 1 heterocycles. The van der Waals surface area contributed by atoms with Gasteiger partial charge in [0.2, 0.25) is 0 Å². The van der Waals surface area contributed by atoms with Crippen LogP contribution in [0.4, 0.5) is 0 Å². The number of hydrogen-bond acceptors (Lipinski definition) is 2. The van der Waals surface area contributed by atoms with Crippen molar-refractivity contribution in [1.82, 2.24) is 9.97 Å². The van der Waals surface area contributed by atoms with Gasteiger partial charge < -0.3 is 0 Å². The lowest BCUT2D eigenvalue weighted by atomic mass is 10.0. The molecule has 0 fully saturated rings. The van der Waals surface area contributed by atoms with Crippen molar-refractivity contribution >= 4 is 0 Å². The van der Waals surface area contributed by atoms with E-state index in [2.05, 4.69) is 30.7 Å². The van der Waals surface area contributed by atoms with Crippen LogP contribution < -0.4 is 0 Å². The summed E-state index contributed by atoms with van der Waals surface area (Å²) in [5.74, 6) is 1.50. The first-order valence-corrected chi connectivity index (χ1v) is 5.58. The molecule has 0 aromatic carbocycles. The predicted octanol–water partition coefficient (Wildman–Crippen LogP) is 3.33. The van der Waals surface area contributed by atoms with E-state index >= 15 is 0 Å². The maximum Gasteiger partial charge on any atom is 0.131 e. The Balaban J connectivity index is 2.57. The van der Waals surface area contributed by atoms with Crippen molar-refractivity contribution in [3.05, 3.63) is 23.8 Å². The van der Waals surface area contributed by atoms with E-state index < -0.39 is 0 Å². The smallest absolute Gasteiger partial charge is 0.131 e. The van der Waals surface area contributed by atoms with Crippen LogP contribution in [0.2, 0.25) is 0 Å². The van der Waals surface area contributed by atoms with Gasteiger partial charge in [-0.1, -0.05) is 33.6 Å². The largest absolute Gasteiger partial charge is 0.241 e. The van der Waals surface area contributed by atoms with Gasteiger partial charge in [0.1, 0.15) is 5.82 Å². The van der Waals surface area contributed by atoms with Crippen LogP contribution in [0.5, 0.6) is 0 Å². The van der Waals surface area contributed by atoms with E-state index in [-0.39, 0.29) is 0 Å². The number of aromatic nitrogens is 2. The third-order valence-electron chi connectivity index (χ3n) is 2.56. The average molecular weight is 192 g/mol. The number of hydrogen-bond donors (Lipinski definition) is 0. The molecule has 1 atom stereocenters. The predicted molar refractivity (Wildman–Crippen MR) is 59.4 cm³/mol. The Labute approximate surface area is 86.8 Å². The molecular weight excluding hydrogens is 172 g/mol. The Bertz CT molecular complexity index is 254. The van der Waals surface area contributed by atoms with Crippen molar-refractivity contribution in [2.75, 3.05) is 0 Å². The molecule has 2 heteroatoms. The Morgan fingerprint density at radius 2 is 1.86 bits per heavy atom. The van der Waals surface area contributed by atoms with E-state index in [1.165, 1.54) is 24.8 Å². The monoisotopic (exact) mass is 192 g/mol. The van der Waals surface area contributed by atoms with Gasteiger partial charge in [0.05, 0.1) is 0 Å². The third-order valence-corrected chi connectivity index (χ3v) is 2.56. The van der Waals surface area contributed by atoms with Crippen molar-refractivity contribution in [2.24, 2.45) is 0 Å². The van der Waals surface area contributed by atoms with Gasteiger partial charge in [-0.05, 0) is 18.4 Å². The molecule has 0 aliphatic heterocycles. The zero-order valence-electron chi connectivity index (χ0n) is 9.45. The number of rotatable bonds is 5. The zero-order chi connectivity index (χ0) is 10.4. The molecule has 1 unspecified atom stereocenters. The molecule has 1 rings (SSSR count). The summed E-state index contributed by atoms with van der Waals surface area (Å²) in [6, 6.07) is 0. The van der Waals surface area contributed by atoms with Gasteiger partial charge in [-0.25, -0.2) is 9.97 Å². The fourth-order valence-corrected chi connectivity index (χ4v) is 1.44. The van der Waals surface area contributed by atoms with Gasteiger partial charge in [-0.2, -0.15) is 0 Å². The van der Waals surface area contributed by atoms with Gasteiger partial charge >= 0.3 is 0 Å². The lowest BCUT2D eigenvalue weighted by molar-refractivity contribution is 0.594. The first kappa shape index (κ1) is 11.2. The standard InChI is InChI=1S/C12H20N2/c1-4-6-7-10(3)12-13-8-11(5-2)9-14-12/h8-10H,4-7H2,1-3H3. The third kappa shape index (κ3) is 3.09. The second-order valence-electron chi connectivity index (χ2n) is 3.85. The quantitative estimate of drug-likeness (QED) is 0.715. The summed E-state index contributed by atoms with van der Waals surface area (Å²) in [5, 5.41) is 0. The minimum absolute atomic E-state index is 0.501. The van der Waals surface area contributed by atoms with Crippen molar-refractivity contribution in [3.63, 3.8) is 0 Å². The molecule has 14 heavy (non-hydrogen) atoms. The normalized spacial score (nSPS) is 12.8. The summed E-state index contributed by atoms with van der Waals surface area (Å²) in [4.78, 5) is 8.78. The second kappa shape index (κ2) is 5.74. The minimum atomic E-state index is 0.501. The summed E-state index contributed by atoms with van der Waals surface area (Å²) in [7, 11) is 0. The minimum Gasteiger partial charge on any atom is -0.241 e. The molecule has 1 aromatic rings. The SMILES string of the molecule is CCCCC(C)c1ncc(CC)cn1. The van der Waals surface area contributed by atoms with Gasteiger partial charge in [0.25, 0.3) is 0 Å². The first-order valence-electron chi connectivity index (χ1n) is 5.58. The molecule has 0 radical (unpaired) electrons. The number of aryl methyl sites for hydroxylation is 1. The highest BCUT2D eigenvalue weighted by Crippen LogP contribution is 2.17. The average Bonchev–Trinajstić information content (AvgIpc) is 2.26. The van der Waals surface area contributed by atoms with E-state index in [4.69, 9.17) is 0 Å². The van der Waals surface area contributed by atoms with Crippen LogP contribution in [0.25, 0.3) is 0 Å². The van der Waals surface area contributed by atoms with Crippen molar-refractivity contribution < 1.29 is 0 Å². The fraction of sp³-hybridized carbons (Fsp3) is 0.667. The summed E-state index contributed by atoms with van der Waals surface area (Å²) < 4.78 is 0. The van der Waals surface area contributed by atoms with E-state index in [1.54, 1.807) is 0 Å². The van der Waals surface area contributed by atoms with Crippen LogP contribution in [0.3, 0.4) is 0 Å². The fourth-order valence-electron chi connectivity index (χ4n) is 1.44. The molecular formula is C12H20N2. The molecule has 2 nitrogen and oxygen atoms in total. The van der Waals surface area contributed by atoms with E-state index in [0.29, 0.717) is 5.92 Å². The van der Waals surface area contributed by atoms with Crippen LogP contribution in [0, 0.1) is 0 Å². The van der Waals surface area contributed by atoms with Crippen LogP contribution in [-0.2, 0) is 6.42 Å².